The van der Waals surface area contributed by atoms with Gasteiger partial charge in [0.1, 0.15) is 34.9 Å². The van der Waals surface area contributed by atoms with E-state index >= 15 is 8.78 Å². The molecular formula is C27H25F2N7O2. The molecule has 1 aromatic carbocycles. The Morgan fingerprint density at radius 2 is 2.13 bits per heavy atom. The maximum Gasteiger partial charge on any atom is 0.250 e. The number of anilines is 1. The lowest BCUT2D eigenvalue weighted by atomic mass is 10.1. The molecule has 9 nitrogen and oxygen atoms in total. The summed E-state index contributed by atoms with van der Waals surface area (Å²) < 4.78 is 38.9. The zero-order valence-corrected chi connectivity index (χ0v) is 21.1. The van der Waals surface area contributed by atoms with E-state index in [2.05, 4.69) is 33.5 Å². The lowest BCUT2D eigenvalue weighted by molar-refractivity contribution is -0.123. The van der Waals surface area contributed by atoms with E-state index < -0.39 is 17.2 Å². The van der Waals surface area contributed by atoms with Crippen LogP contribution in [0.3, 0.4) is 0 Å². The largest absolute Gasteiger partial charge is 0.503 e. The van der Waals surface area contributed by atoms with E-state index in [1.807, 2.05) is 6.92 Å². The number of benzene rings is 1. The highest BCUT2D eigenvalue weighted by molar-refractivity contribution is 5.93. The number of carbonyl (C=O) groups excluding carboxylic acids is 1. The third kappa shape index (κ3) is 3.94. The number of aryl methyl sites for hydroxylation is 2. The number of hydrogen-bond donors (Lipinski definition) is 1. The van der Waals surface area contributed by atoms with Crippen LogP contribution in [0.15, 0.2) is 42.9 Å². The van der Waals surface area contributed by atoms with E-state index in [-0.39, 0.29) is 29.0 Å². The zero-order valence-electron chi connectivity index (χ0n) is 21.1. The lowest BCUT2D eigenvalue weighted by Crippen LogP contribution is -2.26. The number of hydrogen-bond acceptors (Lipinski definition) is 6. The molecule has 0 aliphatic carbocycles. The van der Waals surface area contributed by atoms with Crippen LogP contribution in [0.25, 0.3) is 21.9 Å². The van der Waals surface area contributed by atoms with Gasteiger partial charge in [-0.2, -0.15) is 5.10 Å². The van der Waals surface area contributed by atoms with Gasteiger partial charge >= 0.3 is 0 Å². The second-order valence-corrected chi connectivity index (χ2v) is 8.81. The van der Waals surface area contributed by atoms with E-state index in [4.69, 9.17) is 10.5 Å². The monoisotopic (exact) mass is 517 g/mol. The van der Waals surface area contributed by atoms with E-state index in [0.717, 1.165) is 0 Å². The number of nitrogens with two attached hydrogens (primary N) is 1. The van der Waals surface area contributed by atoms with E-state index in [9.17, 15) is 4.79 Å². The maximum absolute atomic E-state index is 15.3. The number of pyridine rings is 1. The van der Waals surface area contributed by atoms with Gasteiger partial charge in [-0.05, 0) is 31.9 Å². The van der Waals surface area contributed by atoms with Crippen molar-refractivity contribution in [3.8, 4) is 11.8 Å². The first-order valence-electron chi connectivity index (χ1n) is 11.9. The lowest BCUT2D eigenvalue weighted by Gasteiger charge is -2.15. The smallest absolute Gasteiger partial charge is 0.250 e. The molecule has 11 heteroatoms. The Balaban J connectivity index is 1.62. The molecule has 4 aromatic rings. The van der Waals surface area contributed by atoms with Gasteiger partial charge in [0, 0.05) is 31.8 Å². The number of nitrogen functional groups attached to an aromatic ring is 1. The molecule has 38 heavy (non-hydrogen) atoms. The van der Waals surface area contributed by atoms with E-state index in [0.29, 0.717) is 47.5 Å². The normalized spacial score (nSPS) is 16.3. The van der Waals surface area contributed by atoms with Crippen molar-refractivity contribution >= 4 is 33.7 Å². The van der Waals surface area contributed by atoms with Crippen molar-refractivity contribution in [2.24, 2.45) is 0 Å². The predicted molar refractivity (Wildman–Crippen MR) is 139 cm³/mol. The van der Waals surface area contributed by atoms with Crippen molar-refractivity contribution < 1.29 is 18.3 Å². The number of carbonyl (C=O) groups is 1. The van der Waals surface area contributed by atoms with Crippen molar-refractivity contribution in [2.45, 2.75) is 32.9 Å². The molecule has 1 aliphatic heterocycles. The van der Waals surface area contributed by atoms with E-state index in [1.54, 1.807) is 33.3 Å². The molecule has 1 aliphatic rings. The van der Waals surface area contributed by atoms with Gasteiger partial charge in [0.15, 0.2) is 5.82 Å². The molecule has 0 radical (unpaired) electrons. The molecule has 1 amide bonds. The molecule has 0 spiro atoms. The van der Waals surface area contributed by atoms with Crippen molar-refractivity contribution in [1.82, 2.24) is 29.2 Å². The SMILES string of the molecule is C=CC(=O)N1C[C@@H](n2nc(C#Cc3c(F)cc4c(nc(C)n4CC)c3F)c3c(N)nccc32)C/C1=C\OC. The zero-order chi connectivity index (χ0) is 27.1. The Morgan fingerprint density at radius 1 is 1.34 bits per heavy atom. The van der Waals surface area contributed by atoms with Gasteiger partial charge in [0.2, 0.25) is 5.91 Å². The quantitative estimate of drug-likeness (QED) is 0.251. The van der Waals surface area contributed by atoms with Crippen LogP contribution in [0.2, 0.25) is 0 Å². The van der Waals surface area contributed by atoms with Gasteiger partial charge in [0.05, 0.1) is 40.8 Å². The van der Waals surface area contributed by atoms with Crippen molar-refractivity contribution in [3.63, 3.8) is 0 Å². The van der Waals surface area contributed by atoms with Crippen LogP contribution in [0.4, 0.5) is 14.6 Å². The summed E-state index contributed by atoms with van der Waals surface area (Å²) in [5.41, 5.74) is 7.71. The minimum atomic E-state index is -0.832. The Morgan fingerprint density at radius 3 is 2.84 bits per heavy atom. The molecule has 4 heterocycles. The fraction of sp³-hybridized carbons (Fsp3) is 0.259. The number of rotatable bonds is 4. The first-order valence-corrected chi connectivity index (χ1v) is 11.9. The second-order valence-electron chi connectivity index (χ2n) is 8.81. The third-order valence-corrected chi connectivity index (χ3v) is 6.62. The van der Waals surface area contributed by atoms with Crippen LogP contribution in [-0.4, -0.2) is 48.8 Å². The van der Waals surface area contributed by atoms with Gasteiger partial charge in [0.25, 0.3) is 0 Å². The average Bonchev–Trinajstić information content (AvgIpc) is 3.57. The Hall–Kier alpha value is -4.72. The average molecular weight is 518 g/mol. The third-order valence-electron chi connectivity index (χ3n) is 6.62. The summed E-state index contributed by atoms with van der Waals surface area (Å²) >= 11 is 0. The van der Waals surface area contributed by atoms with Gasteiger partial charge in [-0.15, -0.1) is 0 Å². The number of fused-ring (bicyclic) bond motifs is 2. The van der Waals surface area contributed by atoms with Crippen LogP contribution in [0.5, 0.6) is 0 Å². The minimum Gasteiger partial charge on any atom is -0.503 e. The van der Waals surface area contributed by atoms with Crippen molar-refractivity contribution in [1.29, 1.82) is 0 Å². The summed E-state index contributed by atoms with van der Waals surface area (Å²) in [6, 6.07) is 2.70. The van der Waals surface area contributed by atoms with Gasteiger partial charge < -0.3 is 19.9 Å². The molecule has 1 saturated heterocycles. The molecule has 3 aromatic heterocycles. The van der Waals surface area contributed by atoms with Crippen LogP contribution in [0, 0.1) is 30.4 Å². The number of aromatic nitrogens is 5. The summed E-state index contributed by atoms with van der Waals surface area (Å²) in [5, 5.41) is 5.10. The Kier molecular flexibility index (Phi) is 6.32. The molecule has 5 rings (SSSR count). The maximum atomic E-state index is 15.3. The van der Waals surface area contributed by atoms with Crippen molar-refractivity contribution in [2.75, 3.05) is 19.4 Å². The molecule has 2 N–H and O–H groups in total. The molecule has 0 saturated carbocycles. The number of halogens is 2. The molecule has 0 unspecified atom stereocenters. The van der Waals surface area contributed by atoms with Crippen molar-refractivity contribution in [3.05, 3.63) is 71.7 Å². The van der Waals surface area contributed by atoms with Gasteiger partial charge in [-0.3, -0.25) is 9.48 Å². The molecule has 1 atom stereocenters. The first-order chi connectivity index (χ1) is 18.3. The molecule has 194 valence electrons. The predicted octanol–water partition coefficient (Wildman–Crippen LogP) is 3.82. The number of methoxy groups -OCH3 is 1. The van der Waals surface area contributed by atoms with Crippen LogP contribution >= 0.6 is 0 Å². The fourth-order valence-corrected chi connectivity index (χ4v) is 4.92. The fourth-order valence-electron chi connectivity index (χ4n) is 4.92. The minimum absolute atomic E-state index is 0.0574. The van der Waals surface area contributed by atoms with Gasteiger partial charge in [-0.25, -0.2) is 18.7 Å². The number of amides is 1. The molecular weight excluding hydrogens is 492 g/mol. The summed E-state index contributed by atoms with van der Waals surface area (Å²) in [5.74, 6) is 4.27. The Bertz CT molecular complexity index is 1710. The highest BCUT2D eigenvalue weighted by Gasteiger charge is 2.33. The van der Waals surface area contributed by atoms with E-state index in [1.165, 1.54) is 25.5 Å². The summed E-state index contributed by atoms with van der Waals surface area (Å²) in [7, 11) is 1.50. The number of nitrogens with zero attached hydrogens (tertiary/aromatic N) is 6. The highest BCUT2D eigenvalue weighted by Crippen LogP contribution is 2.34. The number of ether oxygens (including phenoxy) is 1. The Labute approximate surface area is 217 Å². The van der Waals surface area contributed by atoms with Gasteiger partial charge in [-0.1, -0.05) is 12.5 Å². The van der Waals surface area contributed by atoms with Crippen LogP contribution < -0.4 is 5.73 Å². The first kappa shape index (κ1) is 25.0. The summed E-state index contributed by atoms with van der Waals surface area (Å²) in [6.07, 6.45) is 4.72. The number of imidazole rings is 1. The molecule has 0 bridgehead atoms. The topological polar surface area (TPSA) is 104 Å². The van der Waals surface area contributed by atoms with Crippen LogP contribution in [0.1, 0.15) is 36.5 Å². The highest BCUT2D eigenvalue weighted by atomic mass is 19.1. The molecule has 1 fully saturated rings. The number of allylic oxidation sites excluding steroid dienone is 1. The van der Waals surface area contributed by atoms with Crippen LogP contribution in [-0.2, 0) is 16.1 Å². The standard InChI is InChI=1S/C27H25F2N7O2/c1-5-23(37)35-13-16(11-17(35)14-38-4)36-21-9-10-31-27(30)24(21)20(33-36)8-7-18-19(28)12-22-26(25(18)29)32-15(3)34(22)6-2/h5,9-10,12,14,16H,1,6,11,13H2,2-4H3,(H2,30,31)/b17-14+/t16-/m0/s1. The summed E-state index contributed by atoms with van der Waals surface area (Å²) in [4.78, 5) is 22.4. The second kappa shape index (κ2) is 9.63. The number of likely N-dealkylation sites (tertiary alicyclic amines) is 1. The summed E-state index contributed by atoms with van der Waals surface area (Å²) in [6.45, 7) is 8.02.